The molecule has 3 N–H and O–H groups in total. The van der Waals surface area contributed by atoms with Gasteiger partial charge in [-0.15, -0.1) is 0 Å². The number of nitrogens with one attached hydrogen (secondary N) is 1. The fourth-order valence-electron chi connectivity index (χ4n) is 2.94. The molecule has 0 radical (unpaired) electrons. The molecule has 0 spiro atoms. The van der Waals surface area contributed by atoms with Crippen LogP contribution in [0.25, 0.3) is 22.1 Å². The lowest BCUT2D eigenvalue weighted by Crippen LogP contribution is -2.20. The first-order chi connectivity index (χ1) is 16.2. The quantitative estimate of drug-likeness (QED) is 0.281. The van der Waals surface area contributed by atoms with Crippen LogP contribution >= 0.6 is 46.4 Å². The lowest BCUT2D eigenvalue weighted by Gasteiger charge is -2.12. The lowest BCUT2D eigenvalue weighted by atomic mass is 10.1. The second kappa shape index (κ2) is 12.1. The van der Waals surface area contributed by atoms with Gasteiger partial charge in [-0.2, -0.15) is 0 Å². The summed E-state index contributed by atoms with van der Waals surface area (Å²) in [5.41, 5.74) is 3.49. The SMILES string of the molecule is CC(CO)Cc1nc2cc(Cl)ccc2nc1Cl.CC(CO)Nc1nc2ccc(Cl)cc2nc1Cl. The first-order valence-corrected chi connectivity index (χ1v) is 11.9. The molecule has 2 aromatic heterocycles. The van der Waals surface area contributed by atoms with Crippen LogP contribution in [0, 0.1) is 5.92 Å². The van der Waals surface area contributed by atoms with Gasteiger partial charge < -0.3 is 15.5 Å². The number of hydrogen-bond acceptors (Lipinski definition) is 7. The van der Waals surface area contributed by atoms with Crippen LogP contribution in [0.2, 0.25) is 20.4 Å². The molecule has 4 aromatic rings. The van der Waals surface area contributed by atoms with Crippen LogP contribution in [0.5, 0.6) is 0 Å². The summed E-state index contributed by atoms with van der Waals surface area (Å²) in [7, 11) is 0. The molecule has 2 aromatic carbocycles. The van der Waals surface area contributed by atoms with Gasteiger partial charge in [0.2, 0.25) is 0 Å². The number of aromatic nitrogens is 4. The average Bonchev–Trinajstić information content (AvgIpc) is 2.80. The minimum atomic E-state index is -0.133. The van der Waals surface area contributed by atoms with Crippen molar-refractivity contribution in [2.24, 2.45) is 5.92 Å². The van der Waals surface area contributed by atoms with Gasteiger partial charge in [0.25, 0.3) is 0 Å². The Morgan fingerprint density at radius 3 is 1.88 bits per heavy atom. The highest BCUT2D eigenvalue weighted by atomic mass is 35.5. The molecule has 0 aliphatic carbocycles. The van der Waals surface area contributed by atoms with E-state index in [9.17, 15) is 0 Å². The first kappa shape index (κ1) is 26.6. The minimum absolute atomic E-state index is 0.00331. The zero-order valence-corrected chi connectivity index (χ0v) is 21.5. The molecule has 2 atom stereocenters. The number of hydrogen-bond donors (Lipinski definition) is 3. The van der Waals surface area contributed by atoms with Crippen LogP contribution in [-0.2, 0) is 6.42 Å². The van der Waals surface area contributed by atoms with Gasteiger partial charge in [-0.25, -0.2) is 19.9 Å². The molecular formula is C23H23Cl4N5O2. The van der Waals surface area contributed by atoms with Crippen LogP contribution < -0.4 is 5.32 Å². The Morgan fingerprint density at radius 2 is 1.29 bits per heavy atom. The van der Waals surface area contributed by atoms with Crippen LogP contribution in [0.3, 0.4) is 0 Å². The number of nitrogens with zero attached hydrogens (tertiary/aromatic N) is 4. The number of fused-ring (bicyclic) bond motifs is 2. The van der Waals surface area contributed by atoms with Crippen molar-refractivity contribution in [1.82, 2.24) is 19.9 Å². The van der Waals surface area contributed by atoms with Crippen molar-refractivity contribution >= 4 is 74.3 Å². The van der Waals surface area contributed by atoms with Crippen LogP contribution in [-0.4, -0.2) is 49.4 Å². The fourth-order valence-corrected chi connectivity index (χ4v) is 3.67. The van der Waals surface area contributed by atoms with E-state index in [1.165, 1.54) is 0 Å². The third-order valence-electron chi connectivity index (χ3n) is 4.74. The Hall–Kier alpha value is -2.00. The van der Waals surface area contributed by atoms with E-state index in [1.54, 1.807) is 36.4 Å². The van der Waals surface area contributed by atoms with Gasteiger partial charge in [0.1, 0.15) is 0 Å². The molecule has 0 aliphatic rings. The molecule has 0 bridgehead atoms. The Kier molecular flexibility index (Phi) is 9.47. The summed E-state index contributed by atoms with van der Waals surface area (Å²) in [6, 6.07) is 10.4. The van der Waals surface area contributed by atoms with Crippen LogP contribution in [0.15, 0.2) is 36.4 Å². The molecule has 180 valence electrons. The average molecular weight is 543 g/mol. The summed E-state index contributed by atoms with van der Waals surface area (Å²) in [4.78, 5) is 17.2. The molecule has 11 heteroatoms. The summed E-state index contributed by atoms with van der Waals surface area (Å²) in [5.74, 6) is 0.571. The standard InChI is InChI=1S/C12H12Cl2N2O.C11H11Cl2N3O/c1-7(6-17)4-11-12(14)16-9-3-2-8(13)5-10(9)15-11;1-6(5-17)14-11-10(13)15-9-4-7(12)2-3-8(9)16-11/h2-3,5,7,17H,4,6H2,1H3;2-4,6,17H,5H2,1H3,(H,14,16). The Bertz CT molecular complexity index is 1290. The summed E-state index contributed by atoms with van der Waals surface area (Å²) < 4.78 is 0. The van der Waals surface area contributed by atoms with Gasteiger partial charge in [-0.3, -0.25) is 0 Å². The summed E-state index contributed by atoms with van der Waals surface area (Å²) in [5, 5.41) is 22.8. The fraction of sp³-hybridized carbons (Fsp3) is 0.304. The molecule has 2 unspecified atom stereocenters. The zero-order valence-electron chi connectivity index (χ0n) is 18.4. The van der Waals surface area contributed by atoms with Crippen molar-refractivity contribution in [2.45, 2.75) is 26.3 Å². The normalized spacial score (nSPS) is 12.8. The maximum atomic E-state index is 9.03. The van der Waals surface area contributed by atoms with Gasteiger partial charge in [0.05, 0.1) is 34.4 Å². The monoisotopic (exact) mass is 541 g/mol. The Balaban J connectivity index is 0.000000191. The van der Waals surface area contributed by atoms with Gasteiger partial charge in [0, 0.05) is 22.7 Å². The van der Waals surface area contributed by atoms with E-state index in [1.807, 2.05) is 13.8 Å². The first-order valence-electron chi connectivity index (χ1n) is 10.4. The molecule has 0 amide bonds. The van der Waals surface area contributed by atoms with Gasteiger partial charge in [-0.1, -0.05) is 53.3 Å². The van der Waals surface area contributed by atoms with E-state index in [0.29, 0.717) is 44.2 Å². The van der Waals surface area contributed by atoms with Gasteiger partial charge in [0.15, 0.2) is 16.1 Å². The topological polar surface area (TPSA) is 104 Å². The van der Waals surface area contributed by atoms with Crippen molar-refractivity contribution < 1.29 is 10.2 Å². The molecule has 4 rings (SSSR count). The van der Waals surface area contributed by atoms with Crippen molar-refractivity contribution in [3.63, 3.8) is 0 Å². The molecule has 0 aliphatic heterocycles. The van der Waals surface area contributed by atoms with E-state index in [0.717, 1.165) is 11.0 Å². The van der Waals surface area contributed by atoms with E-state index in [4.69, 9.17) is 56.6 Å². The predicted octanol–water partition coefficient (Wildman–Crippen LogP) is 5.84. The molecule has 34 heavy (non-hydrogen) atoms. The molecule has 2 heterocycles. The van der Waals surface area contributed by atoms with Crippen molar-refractivity contribution in [1.29, 1.82) is 0 Å². The predicted molar refractivity (Wildman–Crippen MR) is 139 cm³/mol. The molecule has 0 saturated heterocycles. The molecule has 7 nitrogen and oxygen atoms in total. The van der Waals surface area contributed by atoms with Gasteiger partial charge >= 0.3 is 0 Å². The second-order valence-electron chi connectivity index (χ2n) is 7.81. The van der Waals surface area contributed by atoms with Gasteiger partial charge in [-0.05, 0) is 55.7 Å². The number of benzene rings is 2. The number of aliphatic hydroxyl groups excluding tert-OH is 2. The maximum Gasteiger partial charge on any atom is 0.172 e. The van der Waals surface area contributed by atoms with Crippen molar-refractivity contribution in [2.75, 3.05) is 18.5 Å². The van der Waals surface area contributed by atoms with E-state index in [2.05, 4.69) is 25.3 Å². The largest absolute Gasteiger partial charge is 0.396 e. The highest BCUT2D eigenvalue weighted by molar-refractivity contribution is 6.33. The number of anilines is 1. The smallest absolute Gasteiger partial charge is 0.172 e. The minimum Gasteiger partial charge on any atom is -0.396 e. The zero-order chi connectivity index (χ0) is 24.8. The molecule has 0 fully saturated rings. The molecule has 0 saturated carbocycles. The van der Waals surface area contributed by atoms with E-state index < -0.39 is 0 Å². The maximum absolute atomic E-state index is 9.03. The Labute approximate surface area is 217 Å². The summed E-state index contributed by atoms with van der Waals surface area (Å²) >= 11 is 23.8. The highest BCUT2D eigenvalue weighted by Crippen LogP contribution is 2.24. The van der Waals surface area contributed by atoms with Crippen molar-refractivity contribution in [3.8, 4) is 0 Å². The molecular weight excluding hydrogens is 520 g/mol. The van der Waals surface area contributed by atoms with Crippen LogP contribution in [0.4, 0.5) is 5.82 Å². The number of halogens is 4. The summed E-state index contributed by atoms with van der Waals surface area (Å²) in [6.07, 6.45) is 0.602. The number of aliphatic hydroxyl groups is 2. The second-order valence-corrected chi connectivity index (χ2v) is 9.40. The summed E-state index contributed by atoms with van der Waals surface area (Å²) in [6.45, 7) is 3.85. The van der Waals surface area contributed by atoms with E-state index >= 15 is 0 Å². The van der Waals surface area contributed by atoms with E-state index in [-0.39, 0.29) is 30.3 Å². The van der Waals surface area contributed by atoms with Crippen LogP contribution in [0.1, 0.15) is 19.5 Å². The van der Waals surface area contributed by atoms with Crippen molar-refractivity contribution in [3.05, 3.63) is 62.4 Å². The Morgan fingerprint density at radius 1 is 0.735 bits per heavy atom. The third-order valence-corrected chi connectivity index (χ3v) is 5.78. The number of rotatable bonds is 6. The third kappa shape index (κ3) is 7.01. The highest BCUT2D eigenvalue weighted by Gasteiger charge is 2.11. The lowest BCUT2D eigenvalue weighted by molar-refractivity contribution is 0.236.